The van der Waals surface area contributed by atoms with Crippen LogP contribution in [0.5, 0.6) is 0 Å². The third kappa shape index (κ3) is 6.02. The second-order valence-electron chi connectivity index (χ2n) is 7.00. The van der Waals surface area contributed by atoms with Crippen molar-refractivity contribution in [3.63, 3.8) is 0 Å². The van der Waals surface area contributed by atoms with Gasteiger partial charge in [-0.1, -0.05) is 19.3 Å². The molecule has 0 saturated heterocycles. The molecule has 1 aliphatic rings. The van der Waals surface area contributed by atoms with E-state index >= 15 is 0 Å². The van der Waals surface area contributed by atoms with Crippen LogP contribution in [0.1, 0.15) is 56.3 Å². The summed E-state index contributed by atoms with van der Waals surface area (Å²) >= 11 is 0. The highest BCUT2D eigenvalue weighted by molar-refractivity contribution is 5.93. The van der Waals surface area contributed by atoms with E-state index in [1.165, 1.54) is 30.1 Å². The molecule has 1 fully saturated rings. The zero-order valence-corrected chi connectivity index (χ0v) is 14.0. The van der Waals surface area contributed by atoms with Gasteiger partial charge in [0.2, 0.25) is 5.91 Å². The first-order valence-corrected chi connectivity index (χ1v) is 8.22. The predicted octanol–water partition coefficient (Wildman–Crippen LogP) is 0.799. The highest BCUT2D eigenvalue weighted by Gasteiger charge is 2.17. The van der Waals surface area contributed by atoms with E-state index in [-0.39, 0.29) is 24.4 Å². The number of aromatic nitrogens is 2. The molecule has 0 atom stereocenters. The molecule has 2 amide bonds. The molecule has 1 heterocycles. The van der Waals surface area contributed by atoms with Gasteiger partial charge < -0.3 is 16.4 Å². The smallest absolute Gasteiger partial charge is 0.254 e. The predicted molar refractivity (Wildman–Crippen MR) is 87.8 cm³/mol. The number of hydrogen-bond donors (Lipinski definition) is 3. The van der Waals surface area contributed by atoms with Crippen LogP contribution in [0.3, 0.4) is 0 Å². The fraction of sp³-hybridized carbons (Fsp3) is 0.688. The molecule has 1 aliphatic carbocycles. The van der Waals surface area contributed by atoms with E-state index in [0.717, 1.165) is 12.8 Å². The summed E-state index contributed by atoms with van der Waals surface area (Å²) in [7, 11) is 0. The van der Waals surface area contributed by atoms with Gasteiger partial charge in [0.25, 0.3) is 5.91 Å². The van der Waals surface area contributed by atoms with Gasteiger partial charge >= 0.3 is 0 Å². The summed E-state index contributed by atoms with van der Waals surface area (Å²) in [5, 5.41) is 9.87. The maximum absolute atomic E-state index is 12.0. The molecule has 2 rings (SSSR count). The minimum atomic E-state index is -0.467. The van der Waals surface area contributed by atoms with E-state index in [4.69, 9.17) is 5.73 Å². The van der Waals surface area contributed by atoms with E-state index < -0.39 is 5.54 Å². The van der Waals surface area contributed by atoms with Gasteiger partial charge in [0.1, 0.15) is 6.54 Å². The standard InChI is InChI=1S/C16H27N5O2/c1-16(2,17)11-18-15(23)12-8-19-21(9-12)10-14(22)20-13-6-4-3-5-7-13/h8-9,13H,3-7,10-11,17H2,1-2H3,(H,18,23)(H,20,22). The SMILES string of the molecule is CC(C)(N)CNC(=O)c1cnn(CC(=O)NC2CCCCC2)c1. The summed E-state index contributed by atoms with van der Waals surface area (Å²) in [6.45, 7) is 4.18. The molecule has 1 aromatic heterocycles. The number of carbonyl (C=O) groups is 2. The summed E-state index contributed by atoms with van der Waals surface area (Å²) in [5.41, 5.74) is 5.80. The highest BCUT2D eigenvalue weighted by Crippen LogP contribution is 2.17. The lowest BCUT2D eigenvalue weighted by Gasteiger charge is -2.22. The quantitative estimate of drug-likeness (QED) is 0.721. The van der Waals surface area contributed by atoms with Crippen molar-refractivity contribution in [1.82, 2.24) is 20.4 Å². The minimum Gasteiger partial charge on any atom is -0.352 e. The van der Waals surface area contributed by atoms with E-state index in [1.54, 1.807) is 6.20 Å². The largest absolute Gasteiger partial charge is 0.352 e. The van der Waals surface area contributed by atoms with E-state index in [2.05, 4.69) is 15.7 Å². The maximum Gasteiger partial charge on any atom is 0.254 e. The van der Waals surface area contributed by atoms with Crippen molar-refractivity contribution in [3.05, 3.63) is 18.0 Å². The Morgan fingerprint density at radius 1 is 1.35 bits per heavy atom. The first kappa shape index (κ1) is 17.5. The van der Waals surface area contributed by atoms with Crippen molar-refractivity contribution >= 4 is 11.8 Å². The summed E-state index contributed by atoms with van der Waals surface area (Å²) in [6.07, 6.45) is 8.75. The fourth-order valence-electron chi connectivity index (χ4n) is 2.64. The Kier molecular flexibility index (Phi) is 5.76. The molecule has 1 saturated carbocycles. The number of rotatable bonds is 6. The molecule has 0 aliphatic heterocycles. The Labute approximate surface area is 137 Å². The van der Waals surface area contributed by atoms with Crippen LogP contribution in [0.25, 0.3) is 0 Å². The van der Waals surface area contributed by atoms with Crippen LogP contribution in [-0.2, 0) is 11.3 Å². The van der Waals surface area contributed by atoms with Crippen LogP contribution in [0.2, 0.25) is 0 Å². The van der Waals surface area contributed by atoms with Gasteiger partial charge in [-0.15, -0.1) is 0 Å². The van der Waals surface area contributed by atoms with Crippen molar-refractivity contribution < 1.29 is 9.59 Å². The van der Waals surface area contributed by atoms with Crippen LogP contribution in [0, 0.1) is 0 Å². The Balaban J connectivity index is 1.81. The molecule has 0 aromatic carbocycles. The molecular weight excluding hydrogens is 294 g/mol. The average molecular weight is 321 g/mol. The normalized spacial score (nSPS) is 16.1. The zero-order chi connectivity index (χ0) is 16.9. The van der Waals surface area contributed by atoms with Gasteiger partial charge in [-0.25, -0.2) is 0 Å². The second kappa shape index (κ2) is 7.59. The van der Waals surface area contributed by atoms with E-state index in [0.29, 0.717) is 12.1 Å². The Morgan fingerprint density at radius 3 is 2.70 bits per heavy atom. The highest BCUT2D eigenvalue weighted by atomic mass is 16.2. The van der Waals surface area contributed by atoms with Crippen molar-refractivity contribution in [1.29, 1.82) is 0 Å². The molecule has 1 aromatic rings. The molecule has 0 unspecified atom stereocenters. The first-order valence-electron chi connectivity index (χ1n) is 8.22. The Bertz CT molecular complexity index is 541. The third-order valence-corrected chi connectivity index (χ3v) is 3.88. The monoisotopic (exact) mass is 321 g/mol. The zero-order valence-electron chi connectivity index (χ0n) is 14.0. The van der Waals surface area contributed by atoms with E-state index in [1.807, 2.05) is 13.8 Å². The van der Waals surface area contributed by atoms with Gasteiger partial charge in [-0.05, 0) is 26.7 Å². The van der Waals surface area contributed by atoms with Crippen molar-refractivity contribution in [2.24, 2.45) is 5.73 Å². The summed E-state index contributed by atoms with van der Waals surface area (Å²) in [5.74, 6) is -0.294. The lowest BCUT2D eigenvalue weighted by molar-refractivity contribution is -0.122. The van der Waals surface area contributed by atoms with Crippen molar-refractivity contribution in [3.8, 4) is 0 Å². The number of nitrogens with two attached hydrogens (primary N) is 1. The number of carbonyl (C=O) groups excluding carboxylic acids is 2. The second-order valence-corrected chi connectivity index (χ2v) is 7.00. The molecule has 0 spiro atoms. The van der Waals surface area contributed by atoms with Gasteiger partial charge in [0.05, 0.1) is 11.8 Å². The van der Waals surface area contributed by atoms with Crippen LogP contribution in [0.15, 0.2) is 12.4 Å². The number of nitrogens with zero attached hydrogens (tertiary/aromatic N) is 2. The van der Waals surface area contributed by atoms with Crippen LogP contribution < -0.4 is 16.4 Å². The molecular formula is C16H27N5O2. The number of nitrogens with one attached hydrogen (secondary N) is 2. The average Bonchev–Trinajstić information content (AvgIpc) is 2.93. The van der Waals surface area contributed by atoms with E-state index in [9.17, 15) is 9.59 Å². The Hall–Kier alpha value is -1.89. The summed E-state index contributed by atoms with van der Waals surface area (Å²) in [4.78, 5) is 24.0. The molecule has 23 heavy (non-hydrogen) atoms. The van der Waals surface area contributed by atoms with Crippen LogP contribution >= 0.6 is 0 Å². The lowest BCUT2D eigenvalue weighted by atomic mass is 9.95. The van der Waals surface area contributed by atoms with Gasteiger partial charge in [-0.3, -0.25) is 14.3 Å². The molecule has 0 radical (unpaired) electrons. The fourth-order valence-corrected chi connectivity index (χ4v) is 2.64. The lowest BCUT2D eigenvalue weighted by Crippen LogP contribution is -2.45. The molecule has 4 N–H and O–H groups in total. The van der Waals surface area contributed by atoms with Gasteiger partial charge in [0, 0.05) is 24.3 Å². The van der Waals surface area contributed by atoms with Crippen LogP contribution in [0.4, 0.5) is 0 Å². The minimum absolute atomic E-state index is 0.0601. The van der Waals surface area contributed by atoms with Crippen LogP contribution in [-0.4, -0.2) is 39.7 Å². The third-order valence-electron chi connectivity index (χ3n) is 3.88. The number of hydrogen-bond acceptors (Lipinski definition) is 4. The molecule has 128 valence electrons. The maximum atomic E-state index is 12.0. The first-order chi connectivity index (χ1) is 10.8. The summed E-state index contributed by atoms with van der Waals surface area (Å²) < 4.78 is 1.49. The van der Waals surface area contributed by atoms with Crippen molar-refractivity contribution in [2.75, 3.05) is 6.54 Å². The number of amides is 2. The summed E-state index contributed by atoms with van der Waals surface area (Å²) in [6, 6.07) is 0.279. The molecule has 0 bridgehead atoms. The molecule has 7 nitrogen and oxygen atoms in total. The van der Waals surface area contributed by atoms with Gasteiger partial charge in [-0.2, -0.15) is 5.10 Å². The van der Waals surface area contributed by atoms with Gasteiger partial charge in [0.15, 0.2) is 0 Å². The Morgan fingerprint density at radius 2 is 2.04 bits per heavy atom. The topological polar surface area (TPSA) is 102 Å². The molecule has 7 heteroatoms. The van der Waals surface area contributed by atoms with Crippen molar-refractivity contribution in [2.45, 2.75) is 64.1 Å².